The topological polar surface area (TPSA) is 47.3 Å². The van der Waals surface area contributed by atoms with E-state index in [1.807, 2.05) is 18.2 Å². The molecule has 0 heterocycles. The van der Waals surface area contributed by atoms with Gasteiger partial charge in [-0.3, -0.25) is 0 Å². The summed E-state index contributed by atoms with van der Waals surface area (Å²) in [6.07, 6.45) is 8.36. The van der Waals surface area contributed by atoms with Crippen molar-refractivity contribution in [3.63, 3.8) is 0 Å². The summed E-state index contributed by atoms with van der Waals surface area (Å²) in [5, 5.41) is 3.43. The van der Waals surface area contributed by atoms with Crippen LogP contribution >= 0.6 is 0 Å². The molecule has 0 amide bonds. The van der Waals surface area contributed by atoms with Gasteiger partial charge in [0.1, 0.15) is 5.75 Å². The Bertz CT molecular complexity index is 373. The zero-order chi connectivity index (χ0) is 12.8. The third-order valence-electron chi connectivity index (χ3n) is 3.83. The maximum atomic E-state index is 5.78. The third kappa shape index (κ3) is 3.56. The van der Waals surface area contributed by atoms with Gasteiger partial charge < -0.3 is 15.8 Å². The summed E-state index contributed by atoms with van der Waals surface area (Å²) in [5.74, 6) is 1.73. The maximum Gasteiger partial charge on any atom is 0.143 e. The molecule has 0 radical (unpaired) electrons. The Morgan fingerprint density at radius 3 is 2.83 bits per heavy atom. The van der Waals surface area contributed by atoms with Crippen molar-refractivity contribution in [3.8, 4) is 5.75 Å². The van der Waals surface area contributed by atoms with Crippen molar-refractivity contribution in [3.05, 3.63) is 18.2 Å². The molecule has 1 aliphatic carbocycles. The predicted molar refractivity (Wildman–Crippen MR) is 77.1 cm³/mol. The second kappa shape index (κ2) is 6.53. The number of nitrogen functional groups attached to an aromatic ring is 1. The van der Waals surface area contributed by atoms with Gasteiger partial charge in [-0.05, 0) is 30.9 Å². The summed E-state index contributed by atoms with van der Waals surface area (Å²) < 4.78 is 5.21. The molecule has 2 rings (SSSR count). The molecule has 1 saturated carbocycles. The van der Waals surface area contributed by atoms with Crippen LogP contribution in [0.1, 0.15) is 38.5 Å². The molecule has 0 bridgehead atoms. The van der Waals surface area contributed by atoms with Crippen molar-refractivity contribution < 1.29 is 4.74 Å². The van der Waals surface area contributed by atoms with Crippen LogP contribution in [-0.2, 0) is 0 Å². The van der Waals surface area contributed by atoms with Crippen LogP contribution in [0.25, 0.3) is 0 Å². The van der Waals surface area contributed by atoms with Crippen molar-refractivity contribution >= 4 is 11.4 Å². The van der Waals surface area contributed by atoms with E-state index in [2.05, 4.69) is 5.32 Å². The SMILES string of the molecule is COc1cc(NCCCC2CCCC2)ccc1N. The first kappa shape index (κ1) is 13.1. The minimum Gasteiger partial charge on any atom is -0.495 e. The molecule has 3 nitrogen and oxygen atoms in total. The molecule has 0 aliphatic heterocycles. The molecule has 0 spiro atoms. The first-order valence-electron chi connectivity index (χ1n) is 6.97. The van der Waals surface area contributed by atoms with Crippen molar-refractivity contribution in [2.45, 2.75) is 38.5 Å². The van der Waals surface area contributed by atoms with Gasteiger partial charge in [0, 0.05) is 18.3 Å². The van der Waals surface area contributed by atoms with Gasteiger partial charge in [0.2, 0.25) is 0 Å². The number of ether oxygens (including phenoxy) is 1. The van der Waals surface area contributed by atoms with E-state index in [1.165, 1.54) is 38.5 Å². The molecule has 1 aliphatic rings. The Balaban J connectivity index is 1.72. The lowest BCUT2D eigenvalue weighted by molar-refractivity contribution is 0.417. The van der Waals surface area contributed by atoms with Crippen LogP contribution in [0.4, 0.5) is 11.4 Å². The molecule has 0 unspecified atom stereocenters. The highest BCUT2D eigenvalue weighted by molar-refractivity contribution is 5.61. The number of methoxy groups -OCH3 is 1. The van der Waals surface area contributed by atoms with Crippen molar-refractivity contribution in [1.82, 2.24) is 0 Å². The van der Waals surface area contributed by atoms with E-state index in [9.17, 15) is 0 Å². The highest BCUT2D eigenvalue weighted by Crippen LogP contribution is 2.29. The van der Waals surface area contributed by atoms with E-state index in [4.69, 9.17) is 10.5 Å². The fourth-order valence-corrected chi connectivity index (χ4v) is 2.74. The van der Waals surface area contributed by atoms with Crippen molar-refractivity contribution in [2.75, 3.05) is 24.7 Å². The zero-order valence-corrected chi connectivity index (χ0v) is 11.2. The summed E-state index contributed by atoms with van der Waals surface area (Å²) in [4.78, 5) is 0. The zero-order valence-electron chi connectivity index (χ0n) is 11.2. The Morgan fingerprint density at radius 1 is 1.33 bits per heavy atom. The molecular formula is C15H24N2O. The van der Waals surface area contributed by atoms with E-state index < -0.39 is 0 Å². The molecule has 3 heteroatoms. The largest absolute Gasteiger partial charge is 0.495 e. The summed E-state index contributed by atoms with van der Waals surface area (Å²) in [6, 6.07) is 5.86. The van der Waals surface area contributed by atoms with Gasteiger partial charge in [-0.1, -0.05) is 25.7 Å². The lowest BCUT2D eigenvalue weighted by atomic mass is 10.0. The maximum absolute atomic E-state index is 5.78. The first-order chi connectivity index (χ1) is 8.79. The monoisotopic (exact) mass is 248 g/mol. The number of nitrogens with one attached hydrogen (secondary N) is 1. The second-order valence-corrected chi connectivity index (χ2v) is 5.18. The molecule has 1 aromatic carbocycles. The quantitative estimate of drug-likeness (QED) is 0.596. The van der Waals surface area contributed by atoms with Gasteiger partial charge in [-0.2, -0.15) is 0 Å². The number of benzene rings is 1. The number of rotatable bonds is 6. The number of hydrogen-bond acceptors (Lipinski definition) is 3. The molecule has 0 aromatic heterocycles. The van der Waals surface area contributed by atoms with Gasteiger partial charge in [-0.25, -0.2) is 0 Å². The van der Waals surface area contributed by atoms with Crippen LogP contribution in [0.3, 0.4) is 0 Å². The van der Waals surface area contributed by atoms with E-state index in [0.29, 0.717) is 5.69 Å². The third-order valence-corrected chi connectivity index (χ3v) is 3.83. The molecular weight excluding hydrogens is 224 g/mol. The van der Waals surface area contributed by atoms with Crippen molar-refractivity contribution in [1.29, 1.82) is 0 Å². The Labute approximate surface area is 110 Å². The standard InChI is InChI=1S/C15H24N2O/c1-18-15-11-13(8-9-14(15)16)17-10-4-7-12-5-2-3-6-12/h8-9,11-12,17H,2-7,10,16H2,1H3. The average Bonchev–Trinajstić information content (AvgIpc) is 2.89. The number of nitrogens with two attached hydrogens (primary N) is 1. The molecule has 1 fully saturated rings. The normalized spacial score (nSPS) is 15.8. The summed E-state index contributed by atoms with van der Waals surface area (Å²) in [5.41, 5.74) is 7.56. The van der Waals surface area contributed by atoms with Crippen LogP contribution < -0.4 is 15.8 Å². The minimum absolute atomic E-state index is 0.689. The summed E-state index contributed by atoms with van der Waals surface area (Å²) in [6.45, 7) is 1.03. The fourth-order valence-electron chi connectivity index (χ4n) is 2.74. The number of hydrogen-bond donors (Lipinski definition) is 2. The Morgan fingerprint density at radius 2 is 2.11 bits per heavy atom. The highest BCUT2D eigenvalue weighted by Gasteiger charge is 2.13. The van der Waals surface area contributed by atoms with E-state index in [-0.39, 0.29) is 0 Å². The van der Waals surface area contributed by atoms with Gasteiger partial charge in [0.05, 0.1) is 12.8 Å². The van der Waals surface area contributed by atoms with Crippen LogP contribution in [0.2, 0.25) is 0 Å². The second-order valence-electron chi connectivity index (χ2n) is 5.18. The predicted octanol–water partition coefficient (Wildman–Crippen LogP) is 3.66. The van der Waals surface area contributed by atoms with Crippen LogP contribution in [0, 0.1) is 5.92 Å². The molecule has 0 saturated heterocycles. The summed E-state index contributed by atoms with van der Waals surface area (Å²) in [7, 11) is 1.65. The van der Waals surface area contributed by atoms with E-state index >= 15 is 0 Å². The Hall–Kier alpha value is -1.38. The average molecular weight is 248 g/mol. The van der Waals surface area contributed by atoms with Crippen LogP contribution in [-0.4, -0.2) is 13.7 Å². The molecule has 100 valence electrons. The first-order valence-corrected chi connectivity index (χ1v) is 6.97. The van der Waals surface area contributed by atoms with Crippen LogP contribution in [0.15, 0.2) is 18.2 Å². The summed E-state index contributed by atoms with van der Waals surface area (Å²) >= 11 is 0. The minimum atomic E-state index is 0.689. The molecule has 1 aromatic rings. The molecule has 18 heavy (non-hydrogen) atoms. The van der Waals surface area contributed by atoms with Gasteiger partial charge in [0.25, 0.3) is 0 Å². The fraction of sp³-hybridized carbons (Fsp3) is 0.600. The van der Waals surface area contributed by atoms with Crippen LogP contribution in [0.5, 0.6) is 5.75 Å². The lowest BCUT2D eigenvalue weighted by Crippen LogP contribution is -2.04. The highest BCUT2D eigenvalue weighted by atomic mass is 16.5. The van der Waals surface area contributed by atoms with E-state index in [1.54, 1.807) is 7.11 Å². The number of anilines is 2. The van der Waals surface area contributed by atoms with Gasteiger partial charge >= 0.3 is 0 Å². The molecule has 3 N–H and O–H groups in total. The van der Waals surface area contributed by atoms with Gasteiger partial charge in [-0.15, -0.1) is 0 Å². The smallest absolute Gasteiger partial charge is 0.143 e. The Kier molecular flexibility index (Phi) is 4.73. The van der Waals surface area contributed by atoms with Gasteiger partial charge in [0.15, 0.2) is 0 Å². The van der Waals surface area contributed by atoms with Crippen molar-refractivity contribution in [2.24, 2.45) is 5.92 Å². The lowest BCUT2D eigenvalue weighted by Gasteiger charge is -2.11. The van der Waals surface area contributed by atoms with E-state index in [0.717, 1.165) is 23.9 Å². The molecule has 0 atom stereocenters.